The van der Waals surface area contributed by atoms with Gasteiger partial charge >= 0.3 is 6.03 Å². The maximum Gasteiger partial charge on any atom is 0.325 e. The number of amides is 3. The number of aliphatic imine (C=N–C) groups is 1. The van der Waals surface area contributed by atoms with Crippen molar-refractivity contribution in [2.75, 3.05) is 20.1 Å². The van der Waals surface area contributed by atoms with Crippen molar-refractivity contribution in [3.05, 3.63) is 24.2 Å². The van der Waals surface area contributed by atoms with E-state index in [1.54, 1.807) is 13.3 Å². The molecule has 1 saturated carbocycles. The summed E-state index contributed by atoms with van der Waals surface area (Å²) >= 11 is 0. The lowest BCUT2D eigenvalue weighted by Crippen LogP contribution is -2.45. The fraction of sp³-hybridized carbons (Fsp3) is 0.562. The summed E-state index contributed by atoms with van der Waals surface area (Å²) in [6.45, 7) is 1.26. The smallest absolute Gasteiger partial charge is 0.325 e. The third-order valence-electron chi connectivity index (χ3n) is 4.56. The van der Waals surface area contributed by atoms with Crippen molar-refractivity contribution in [3.63, 3.8) is 0 Å². The van der Waals surface area contributed by atoms with Gasteiger partial charge in [-0.05, 0) is 25.0 Å². The summed E-state index contributed by atoms with van der Waals surface area (Å²) in [5, 5.41) is 9.09. The fourth-order valence-corrected chi connectivity index (χ4v) is 3.29. The number of urea groups is 1. The van der Waals surface area contributed by atoms with Gasteiger partial charge in [-0.3, -0.25) is 14.7 Å². The standard InChI is InChI=1S/C16H23N5O3.HI/c1-17-14(19-11-12-5-4-10-24-12)18-8-9-21-13(22)16(20-15(21)23)6-2-3-7-16;/h4-5,10H,2-3,6-9,11H2,1H3,(H,20,23)(H2,17,18,19);1H. The van der Waals surface area contributed by atoms with Crippen LogP contribution in [0.5, 0.6) is 0 Å². The highest BCUT2D eigenvalue weighted by atomic mass is 127. The first-order chi connectivity index (χ1) is 11.6. The predicted octanol–water partition coefficient (Wildman–Crippen LogP) is 1.43. The molecule has 1 saturated heterocycles. The molecule has 138 valence electrons. The van der Waals surface area contributed by atoms with E-state index < -0.39 is 5.54 Å². The number of nitrogens with one attached hydrogen (secondary N) is 3. The van der Waals surface area contributed by atoms with E-state index in [2.05, 4.69) is 20.9 Å². The van der Waals surface area contributed by atoms with Gasteiger partial charge in [0.2, 0.25) is 0 Å². The van der Waals surface area contributed by atoms with Crippen LogP contribution in [0.3, 0.4) is 0 Å². The Hall–Kier alpha value is -1.78. The topological polar surface area (TPSA) is 99.0 Å². The Labute approximate surface area is 163 Å². The van der Waals surface area contributed by atoms with Crippen molar-refractivity contribution >= 4 is 41.9 Å². The first-order valence-corrected chi connectivity index (χ1v) is 8.26. The Morgan fingerprint density at radius 1 is 1.36 bits per heavy atom. The number of hydrogen-bond donors (Lipinski definition) is 3. The molecular formula is C16H24IN5O3. The number of furan rings is 1. The summed E-state index contributed by atoms with van der Waals surface area (Å²) in [5.74, 6) is 1.30. The zero-order chi connectivity index (χ0) is 17.0. The molecule has 0 unspecified atom stereocenters. The van der Waals surface area contributed by atoms with Gasteiger partial charge in [-0.2, -0.15) is 0 Å². The molecule has 1 aromatic heterocycles. The predicted molar refractivity (Wildman–Crippen MR) is 104 cm³/mol. The Morgan fingerprint density at radius 2 is 2.12 bits per heavy atom. The molecule has 1 aromatic rings. The molecule has 9 heteroatoms. The van der Waals surface area contributed by atoms with E-state index >= 15 is 0 Å². The van der Waals surface area contributed by atoms with Gasteiger partial charge in [-0.15, -0.1) is 24.0 Å². The number of halogens is 1. The molecule has 0 radical (unpaired) electrons. The van der Waals surface area contributed by atoms with Crippen LogP contribution < -0.4 is 16.0 Å². The molecule has 2 aliphatic rings. The summed E-state index contributed by atoms with van der Waals surface area (Å²) in [5.41, 5.74) is -0.643. The molecule has 2 fully saturated rings. The molecule has 3 amide bonds. The van der Waals surface area contributed by atoms with Gasteiger partial charge in [0.05, 0.1) is 12.8 Å². The largest absolute Gasteiger partial charge is 0.467 e. The Balaban J connectivity index is 0.00000225. The van der Waals surface area contributed by atoms with Crippen LogP contribution in [0.2, 0.25) is 0 Å². The second-order valence-corrected chi connectivity index (χ2v) is 6.11. The number of guanidine groups is 1. The maximum atomic E-state index is 12.5. The van der Waals surface area contributed by atoms with E-state index in [9.17, 15) is 9.59 Å². The Kier molecular flexibility index (Phi) is 6.68. The SMILES string of the molecule is CN=C(NCCN1C(=O)NC2(CCCC2)C1=O)NCc1ccco1.I. The summed E-state index contributed by atoms with van der Waals surface area (Å²) < 4.78 is 5.24. The lowest BCUT2D eigenvalue weighted by atomic mass is 9.98. The van der Waals surface area contributed by atoms with E-state index in [-0.39, 0.29) is 35.9 Å². The zero-order valence-corrected chi connectivity index (χ0v) is 16.5. The molecule has 1 spiro atoms. The summed E-state index contributed by atoms with van der Waals surface area (Å²) in [7, 11) is 1.67. The van der Waals surface area contributed by atoms with Gasteiger partial charge in [-0.25, -0.2) is 4.79 Å². The molecule has 2 heterocycles. The second-order valence-electron chi connectivity index (χ2n) is 6.11. The van der Waals surface area contributed by atoms with Crippen molar-refractivity contribution in [3.8, 4) is 0 Å². The van der Waals surface area contributed by atoms with E-state index in [0.717, 1.165) is 31.4 Å². The summed E-state index contributed by atoms with van der Waals surface area (Å²) in [6.07, 6.45) is 5.08. The molecular weight excluding hydrogens is 437 g/mol. The van der Waals surface area contributed by atoms with Crippen LogP contribution in [0.15, 0.2) is 27.8 Å². The van der Waals surface area contributed by atoms with Crippen LogP contribution in [0.4, 0.5) is 4.79 Å². The monoisotopic (exact) mass is 461 g/mol. The normalized spacial score (nSPS) is 19.1. The molecule has 8 nitrogen and oxygen atoms in total. The highest BCUT2D eigenvalue weighted by Gasteiger charge is 2.52. The zero-order valence-electron chi connectivity index (χ0n) is 14.2. The van der Waals surface area contributed by atoms with Crippen LogP contribution in [0.25, 0.3) is 0 Å². The van der Waals surface area contributed by atoms with E-state index in [1.807, 2.05) is 12.1 Å². The Morgan fingerprint density at radius 3 is 2.76 bits per heavy atom. The van der Waals surface area contributed by atoms with Crippen LogP contribution >= 0.6 is 24.0 Å². The molecule has 0 aromatic carbocycles. The van der Waals surface area contributed by atoms with Crippen molar-refractivity contribution in [2.45, 2.75) is 37.8 Å². The number of imide groups is 1. The minimum Gasteiger partial charge on any atom is -0.467 e. The number of carbonyl (C=O) groups is 2. The van der Waals surface area contributed by atoms with Crippen molar-refractivity contribution in [1.29, 1.82) is 0 Å². The number of carbonyl (C=O) groups excluding carboxylic acids is 2. The highest BCUT2D eigenvalue weighted by Crippen LogP contribution is 2.34. The minimum atomic E-state index is -0.643. The number of rotatable bonds is 5. The molecule has 3 N–H and O–H groups in total. The van der Waals surface area contributed by atoms with Crippen LogP contribution in [-0.4, -0.2) is 48.5 Å². The summed E-state index contributed by atoms with van der Waals surface area (Å²) in [4.78, 5) is 30.0. The number of hydrogen-bond acceptors (Lipinski definition) is 4. The van der Waals surface area contributed by atoms with Gasteiger partial charge in [0.15, 0.2) is 5.96 Å². The van der Waals surface area contributed by atoms with Gasteiger partial charge in [0.25, 0.3) is 5.91 Å². The van der Waals surface area contributed by atoms with E-state index in [0.29, 0.717) is 25.6 Å². The third-order valence-corrected chi connectivity index (χ3v) is 4.56. The van der Waals surface area contributed by atoms with E-state index in [4.69, 9.17) is 4.42 Å². The minimum absolute atomic E-state index is 0. The van der Waals surface area contributed by atoms with E-state index in [1.165, 1.54) is 4.90 Å². The van der Waals surface area contributed by atoms with Gasteiger partial charge < -0.3 is 20.4 Å². The van der Waals surface area contributed by atoms with Crippen LogP contribution in [0.1, 0.15) is 31.4 Å². The van der Waals surface area contributed by atoms with Crippen molar-refractivity contribution in [2.24, 2.45) is 4.99 Å². The first kappa shape index (κ1) is 19.5. The Bertz CT molecular complexity index is 626. The third kappa shape index (κ3) is 4.25. The molecule has 0 bridgehead atoms. The van der Waals surface area contributed by atoms with Crippen molar-refractivity contribution < 1.29 is 14.0 Å². The average molecular weight is 461 g/mol. The first-order valence-electron chi connectivity index (χ1n) is 8.26. The lowest BCUT2D eigenvalue weighted by molar-refractivity contribution is -0.131. The van der Waals surface area contributed by atoms with Crippen LogP contribution in [0, 0.1) is 0 Å². The fourth-order valence-electron chi connectivity index (χ4n) is 3.29. The molecule has 0 atom stereocenters. The molecule has 3 rings (SSSR count). The quantitative estimate of drug-likeness (QED) is 0.267. The molecule has 1 aliphatic heterocycles. The van der Waals surface area contributed by atoms with Crippen molar-refractivity contribution in [1.82, 2.24) is 20.9 Å². The lowest BCUT2D eigenvalue weighted by Gasteiger charge is -2.20. The average Bonchev–Trinajstić information content (AvgIpc) is 3.29. The van der Waals surface area contributed by atoms with Gasteiger partial charge in [-0.1, -0.05) is 12.8 Å². The van der Waals surface area contributed by atoms with Crippen LogP contribution in [-0.2, 0) is 11.3 Å². The highest BCUT2D eigenvalue weighted by molar-refractivity contribution is 14.0. The number of nitrogens with zero attached hydrogens (tertiary/aromatic N) is 2. The maximum absolute atomic E-state index is 12.5. The second kappa shape index (κ2) is 8.54. The van der Waals surface area contributed by atoms with Gasteiger partial charge in [0, 0.05) is 20.1 Å². The summed E-state index contributed by atoms with van der Waals surface area (Å²) in [6, 6.07) is 3.40. The molecule has 1 aliphatic carbocycles. The molecule has 25 heavy (non-hydrogen) atoms. The van der Waals surface area contributed by atoms with Gasteiger partial charge in [0.1, 0.15) is 11.3 Å².